The molecule has 1 atom stereocenters. The van der Waals surface area contributed by atoms with E-state index in [-0.39, 0.29) is 24.3 Å². The van der Waals surface area contributed by atoms with Crippen LogP contribution in [0.4, 0.5) is 0 Å². The molecule has 0 fully saturated rings. The number of esters is 1. The first-order valence-corrected chi connectivity index (χ1v) is 19.3. The molecule has 0 saturated heterocycles. The third-order valence-electron chi connectivity index (χ3n) is 8.47. The number of amides is 2. The summed E-state index contributed by atoms with van der Waals surface area (Å²) in [5.41, 5.74) is 4.30. The van der Waals surface area contributed by atoms with Gasteiger partial charge in [0.2, 0.25) is 5.91 Å². The zero-order chi connectivity index (χ0) is 39.7. The molecule has 4 rings (SSSR count). The minimum Gasteiger partial charge on any atom is -0.494 e. The summed E-state index contributed by atoms with van der Waals surface area (Å²) in [6.07, 6.45) is 9.82. The standard InChI is InChI=1S/C43H54N4O5.C2H6/c1-8-9-10-11-12-25-51-36-23-19-31(20-24-36)34-27-44-39(45-28-34)32-15-13-30(14-16-32)26-37(41(50)46-29-38(48)52-43(5,6)7)47-40(49)33-17-21-35(22-18-33)42(2,3)4;1-2/h13-24,27-28,37H,8-12,25-26,29H2,1-7H3,(H,46,50)(H,47,49);1-2H3. The second-order valence-electron chi connectivity index (χ2n) is 15.1. The lowest BCUT2D eigenvalue weighted by Crippen LogP contribution is -2.49. The number of ether oxygens (including phenoxy) is 2. The maximum atomic E-state index is 13.4. The van der Waals surface area contributed by atoms with E-state index in [9.17, 15) is 14.4 Å². The van der Waals surface area contributed by atoms with Crippen LogP contribution in [-0.4, -0.2) is 52.5 Å². The van der Waals surface area contributed by atoms with E-state index in [1.54, 1.807) is 45.3 Å². The lowest BCUT2D eigenvalue weighted by Gasteiger charge is -2.22. The molecule has 54 heavy (non-hydrogen) atoms. The van der Waals surface area contributed by atoms with Gasteiger partial charge in [0.15, 0.2) is 5.82 Å². The monoisotopic (exact) mass is 736 g/mol. The van der Waals surface area contributed by atoms with Crippen LogP contribution in [0.1, 0.15) is 116 Å². The van der Waals surface area contributed by atoms with Crippen LogP contribution in [0, 0.1) is 0 Å². The van der Waals surface area contributed by atoms with Crippen molar-refractivity contribution < 1.29 is 23.9 Å². The second-order valence-corrected chi connectivity index (χ2v) is 15.1. The molecule has 0 radical (unpaired) electrons. The topological polar surface area (TPSA) is 120 Å². The summed E-state index contributed by atoms with van der Waals surface area (Å²) in [5.74, 6) is -0.0157. The van der Waals surface area contributed by atoms with E-state index >= 15 is 0 Å². The van der Waals surface area contributed by atoms with E-state index in [0.29, 0.717) is 11.4 Å². The molecule has 0 bridgehead atoms. The van der Waals surface area contributed by atoms with Crippen LogP contribution in [0.2, 0.25) is 0 Å². The molecule has 0 aliphatic heterocycles. The number of hydrogen-bond donors (Lipinski definition) is 2. The van der Waals surface area contributed by atoms with Crippen molar-refractivity contribution in [2.45, 2.75) is 118 Å². The second kappa shape index (κ2) is 21.0. The molecule has 290 valence electrons. The third kappa shape index (κ3) is 14.4. The van der Waals surface area contributed by atoms with Crippen molar-refractivity contribution in [2.75, 3.05) is 13.2 Å². The Bertz CT molecular complexity index is 1740. The molecule has 1 heterocycles. The van der Waals surface area contributed by atoms with Crippen molar-refractivity contribution in [3.8, 4) is 28.3 Å². The van der Waals surface area contributed by atoms with Gasteiger partial charge in [-0.1, -0.05) is 116 Å². The van der Waals surface area contributed by atoms with Crippen molar-refractivity contribution in [3.05, 3.63) is 102 Å². The Labute approximate surface area is 322 Å². The van der Waals surface area contributed by atoms with Crippen molar-refractivity contribution in [1.29, 1.82) is 0 Å². The van der Waals surface area contributed by atoms with E-state index in [0.717, 1.165) is 46.6 Å². The smallest absolute Gasteiger partial charge is 0.325 e. The van der Waals surface area contributed by atoms with Gasteiger partial charge in [0.25, 0.3) is 5.91 Å². The summed E-state index contributed by atoms with van der Waals surface area (Å²) in [4.78, 5) is 48.2. The van der Waals surface area contributed by atoms with Gasteiger partial charge in [0.05, 0.1) is 6.61 Å². The highest BCUT2D eigenvalue weighted by atomic mass is 16.6. The van der Waals surface area contributed by atoms with Crippen molar-refractivity contribution in [2.24, 2.45) is 0 Å². The zero-order valence-electron chi connectivity index (χ0n) is 33.8. The molecule has 9 nitrogen and oxygen atoms in total. The van der Waals surface area contributed by atoms with E-state index in [1.807, 2.05) is 74.5 Å². The van der Waals surface area contributed by atoms with Gasteiger partial charge in [-0.15, -0.1) is 0 Å². The van der Waals surface area contributed by atoms with E-state index in [2.05, 4.69) is 48.3 Å². The predicted octanol–water partition coefficient (Wildman–Crippen LogP) is 9.28. The number of aromatic nitrogens is 2. The highest BCUT2D eigenvalue weighted by Crippen LogP contribution is 2.25. The molecular weight excluding hydrogens is 677 g/mol. The Morgan fingerprint density at radius 3 is 1.89 bits per heavy atom. The van der Waals surface area contributed by atoms with Gasteiger partial charge >= 0.3 is 5.97 Å². The number of unbranched alkanes of at least 4 members (excludes halogenated alkanes) is 4. The Kier molecular flexibility index (Phi) is 16.9. The number of rotatable bonds is 16. The Morgan fingerprint density at radius 2 is 1.31 bits per heavy atom. The highest BCUT2D eigenvalue weighted by molar-refractivity contribution is 5.98. The predicted molar refractivity (Wildman–Crippen MR) is 217 cm³/mol. The summed E-state index contributed by atoms with van der Waals surface area (Å²) in [6.45, 7) is 18.2. The fraction of sp³-hybridized carbons (Fsp3) is 0.444. The summed E-state index contributed by atoms with van der Waals surface area (Å²) >= 11 is 0. The van der Waals surface area contributed by atoms with E-state index in [1.165, 1.54) is 25.7 Å². The number of benzene rings is 3. The Balaban J connectivity index is 0.00000385. The molecule has 4 aromatic rings. The van der Waals surface area contributed by atoms with Crippen molar-refractivity contribution in [1.82, 2.24) is 20.6 Å². The maximum absolute atomic E-state index is 13.4. The number of carbonyl (C=O) groups excluding carboxylic acids is 3. The third-order valence-corrected chi connectivity index (χ3v) is 8.47. The van der Waals surface area contributed by atoms with Crippen LogP contribution < -0.4 is 15.4 Å². The van der Waals surface area contributed by atoms with Gasteiger partial charge < -0.3 is 20.1 Å². The largest absolute Gasteiger partial charge is 0.494 e. The molecule has 2 N–H and O–H groups in total. The Hall–Kier alpha value is -5.05. The summed E-state index contributed by atoms with van der Waals surface area (Å²) < 4.78 is 11.2. The molecule has 0 spiro atoms. The van der Waals surface area contributed by atoms with Crippen LogP contribution in [0.5, 0.6) is 5.75 Å². The molecule has 0 aliphatic carbocycles. The minimum atomic E-state index is -0.943. The SMILES string of the molecule is CC.CCCCCCCOc1ccc(-c2cnc(-c3ccc(CC(NC(=O)c4ccc(C(C)(C)C)cc4)C(=O)NCC(=O)OC(C)(C)C)cc3)nc2)cc1. The number of nitrogens with one attached hydrogen (secondary N) is 2. The van der Waals surface area contributed by atoms with Gasteiger partial charge in [-0.3, -0.25) is 14.4 Å². The summed E-state index contributed by atoms with van der Waals surface area (Å²) in [5, 5.41) is 5.50. The van der Waals surface area contributed by atoms with Crippen LogP contribution >= 0.6 is 0 Å². The first-order valence-electron chi connectivity index (χ1n) is 19.3. The highest BCUT2D eigenvalue weighted by Gasteiger charge is 2.24. The van der Waals surface area contributed by atoms with Crippen molar-refractivity contribution in [3.63, 3.8) is 0 Å². The van der Waals surface area contributed by atoms with Crippen LogP contribution in [-0.2, 0) is 26.2 Å². The molecule has 0 aliphatic rings. The van der Waals surface area contributed by atoms with Gasteiger partial charge in [-0.25, -0.2) is 9.97 Å². The average Bonchev–Trinajstić information content (AvgIpc) is 3.15. The van der Waals surface area contributed by atoms with Gasteiger partial charge in [0.1, 0.15) is 23.9 Å². The number of nitrogens with zero attached hydrogens (tertiary/aromatic N) is 2. The molecule has 2 amide bonds. The zero-order valence-corrected chi connectivity index (χ0v) is 33.8. The van der Waals surface area contributed by atoms with E-state index < -0.39 is 23.5 Å². The first kappa shape index (κ1) is 43.4. The fourth-order valence-corrected chi connectivity index (χ4v) is 5.52. The molecule has 9 heteroatoms. The lowest BCUT2D eigenvalue weighted by molar-refractivity contribution is -0.154. The van der Waals surface area contributed by atoms with Crippen molar-refractivity contribution >= 4 is 17.8 Å². The number of hydrogen-bond acceptors (Lipinski definition) is 7. The quantitative estimate of drug-likeness (QED) is 0.0869. The normalized spacial score (nSPS) is 11.8. The van der Waals surface area contributed by atoms with Crippen LogP contribution in [0.25, 0.3) is 22.5 Å². The molecule has 3 aromatic carbocycles. The molecule has 0 saturated carbocycles. The van der Waals surface area contributed by atoms with Crippen LogP contribution in [0.15, 0.2) is 85.2 Å². The Morgan fingerprint density at radius 1 is 0.722 bits per heavy atom. The van der Waals surface area contributed by atoms with E-state index in [4.69, 9.17) is 9.47 Å². The lowest BCUT2D eigenvalue weighted by atomic mass is 9.86. The maximum Gasteiger partial charge on any atom is 0.325 e. The molecule has 1 aromatic heterocycles. The minimum absolute atomic E-state index is 0.0625. The van der Waals surface area contributed by atoms with Gasteiger partial charge in [0, 0.05) is 35.5 Å². The first-order chi connectivity index (χ1) is 25.7. The summed E-state index contributed by atoms with van der Waals surface area (Å²) in [7, 11) is 0. The fourth-order valence-electron chi connectivity index (χ4n) is 5.52. The summed E-state index contributed by atoms with van der Waals surface area (Å²) in [6, 6.07) is 21.9. The molecular formula is C45H60N4O5. The average molecular weight is 737 g/mol. The van der Waals surface area contributed by atoms with Gasteiger partial charge in [-0.2, -0.15) is 0 Å². The number of carbonyl (C=O) groups is 3. The van der Waals surface area contributed by atoms with Gasteiger partial charge in [-0.05, 0) is 73.6 Å². The van der Waals surface area contributed by atoms with Crippen LogP contribution in [0.3, 0.4) is 0 Å². The molecule has 1 unspecified atom stereocenters.